The van der Waals surface area contributed by atoms with Crippen LogP contribution in [0.2, 0.25) is 0 Å². The molecule has 1 fully saturated rings. The Labute approximate surface area is 126 Å². The molecule has 2 atom stereocenters. The number of carbonyl (C=O) groups excluding carboxylic acids is 1. The number of hydrogen-bond donors (Lipinski definition) is 2. The van der Waals surface area contributed by atoms with Crippen molar-refractivity contribution in [3.63, 3.8) is 0 Å². The van der Waals surface area contributed by atoms with Gasteiger partial charge in [-0.1, -0.05) is 32.4 Å². The van der Waals surface area contributed by atoms with Crippen LogP contribution in [0.3, 0.4) is 0 Å². The van der Waals surface area contributed by atoms with Gasteiger partial charge in [0, 0.05) is 6.54 Å². The highest BCUT2D eigenvalue weighted by atomic mass is 19.1. The van der Waals surface area contributed by atoms with E-state index in [0.29, 0.717) is 6.54 Å². The third-order valence-corrected chi connectivity index (χ3v) is 4.65. The van der Waals surface area contributed by atoms with Gasteiger partial charge in [0.2, 0.25) is 5.91 Å². The van der Waals surface area contributed by atoms with Crippen molar-refractivity contribution in [2.45, 2.75) is 45.6 Å². The molecule has 1 aromatic carbocycles. The average Bonchev–Trinajstić information content (AvgIpc) is 3.25. The number of benzene rings is 1. The predicted octanol–water partition coefficient (Wildman–Crippen LogP) is 2.64. The van der Waals surface area contributed by atoms with E-state index in [-0.39, 0.29) is 23.1 Å². The first-order chi connectivity index (χ1) is 9.96. The van der Waals surface area contributed by atoms with Crippen molar-refractivity contribution in [3.8, 4) is 0 Å². The lowest BCUT2D eigenvalue weighted by Crippen LogP contribution is -2.46. The van der Waals surface area contributed by atoms with Crippen LogP contribution >= 0.6 is 0 Å². The Hall–Kier alpha value is -1.42. The summed E-state index contributed by atoms with van der Waals surface area (Å²) in [7, 11) is 0. The van der Waals surface area contributed by atoms with Gasteiger partial charge in [-0.25, -0.2) is 4.39 Å². The van der Waals surface area contributed by atoms with Gasteiger partial charge in [-0.3, -0.25) is 4.79 Å². The molecule has 1 aliphatic rings. The fourth-order valence-corrected chi connectivity index (χ4v) is 2.53. The van der Waals surface area contributed by atoms with Crippen molar-refractivity contribution in [1.82, 2.24) is 5.32 Å². The standard InChI is InChI=1S/C17H25FN2O/c1-3-12(2)15(19)16(21)20-11-17(8-9-17)10-13-4-6-14(18)7-5-13/h4-7,12,15H,3,8-11,19H2,1-2H3,(H,20,21). The number of carbonyl (C=O) groups is 1. The van der Waals surface area contributed by atoms with Crippen LogP contribution < -0.4 is 11.1 Å². The smallest absolute Gasteiger partial charge is 0.237 e. The van der Waals surface area contributed by atoms with Crippen LogP contribution in [0, 0.1) is 17.2 Å². The first-order valence-corrected chi connectivity index (χ1v) is 7.73. The lowest BCUT2D eigenvalue weighted by atomic mass is 9.95. The molecule has 0 radical (unpaired) electrons. The molecule has 2 unspecified atom stereocenters. The Bertz CT molecular complexity index is 482. The van der Waals surface area contributed by atoms with Crippen LogP contribution in [0.4, 0.5) is 4.39 Å². The Balaban J connectivity index is 1.85. The number of nitrogens with two attached hydrogens (primary N) is 1. The molecule has 4 heteroatoms. The minimum atomic E-state index is -0.434. The van der Waals surface area contributed by atoms with E-state index in [1.54, 1.807) is 0 Å². The summed E-state index contributed by atoms with van der Waals surface area (Å²) in [6, 6.07) is 6.19. The SMILES string of the molecule is CCC(C)C(N)C(=O)NCC1(Cc2ccc(F)cc2)CC1. The van der Waals surface area contributed by atoms with Crippen LogP contribution in [-0.2, 0) is 11.2 Å². The molecule has 1 aliphatic carbocycles. The number of hydrogen-bond acceptors (Lipinski definition) is 2. The third kappa shape index (κ3) is 4.27. The van der Waals surface area contributed by atoms with Crippen LogP contribution in [0.5, 0.6) is 0 Å². The van der Waals surface area contributed by atoms with Crippen molar-refractivity contribution >= 4 is 5.91 Å². The van der Waals surface area contributed by atoms with Crippen LogP contribution in [-0.4, -0.2) is 18.5 Å². The zero-order chi connectivity index (χ0) is 15.5. The van der Waals surface area contributed by atoms with E-state index in [9.17, 15) is 9.18 Å². The highest BCUT2D eigenvalue weighted by Gasteiger charge is 2.42. The molecule has 1 saturated carbocycles. The van der Waals surface area contributed by atoms with E-state index >= 15 is 0 Å². The van der Waals surface area contributed by atoms with Gasteiger partial charge >= 0.3 is 0 Å². The quantitative estimate of drug-likeness (QED) is 0.811. The molecule has 0 bridgehead atoms. The third-order valence-electron chi connectivity index (χ3n) is 4.65. The van der Waals surface area contributed by atoms with E-state index < -0.39 is 6.04 Å². The Morgan fingerprint density at radius 1 is 1.38 bits per heavy atom. The fraction of sp³-hybridized carbons (Fsp3) is 0.588. The summed E-state index contributed by atoms with van der Waals surface area (Å²) >= 11 is 0. The zero-order valence-electron chi connectivity index (χ0n) is 12.9. The van der Waals surface area contributed by atoms with E-state index in [4.69, 9.17) is 5.73 Å². The van der Waals surface area contributed by atoms with Gasteiger partial charge in [-0.15, -0.1) is 0 Å². The molecule has 0 saturated heterocycles. The molecule has 0 heterocycles. The number of halogens is 1. The Morgan fingerprint density at radius 2 is 2.00 bits per heavy atom. The van der Waals surface area contributed by atoms with Crippen molar-refractivity contribution in [1.29, 1.82) is 0 Å². The van der Waals surface area contributed by atoms with Gasteiger partial charge in [0.15, 0.2) is 0 Å². The van der Waals surface area contributed by atoms with Gasteiger partial charge in [-0.05, 0) is 48.3 Å². The van der Waals surface area contributed by atoms with Crippen LogP contribution in [0.25, 0.3) is 0 Å². The predicted molar refractivity (Wildman–Crippen MR) is 82.2 cm³/mol. The maximum absolute atomic E-state index is 12.9. The zero-order valence-corrected chi connectivity index (χ0v) is 12.9. The van der Waals surface area contributed by atoms with E-state index in [2.05, 4.69) is 5.32 Å². The normalized spacial score (nSPS) is 18.9. The molecule has 21 heavy (non-hydrogen) atoms. The molecule has 3 nitrogen and oxygen atoms in total. The molecule has 1 aromatic rings. The van der Waals surface area contributed by atoms with Crippen LogP contribution in [0.1, 0.15) is 38.7 Å². The van der Waals surface area contributed by atoms with Gasteiger partial charge < -0.3 is 11.1 Å². The molecule has 2 rings (SSSR count). The van der Waals surface area contributed by atoms with Gasteiger partial charge in [0.05, 0.1) is 6.04 Å². The molecule has 3 N–H and O–H groups in total. The second-order valence-electron chi connectivity index (χ2n) is 6.43. The first-order valence-electron chi connectivity index (χ1n) is 7.73. The molecule has 0 spiro atoms. The minimum absolute atomic E-state index is 0.0604. The molecule has 0 aromatic heterocycles. The number of rotatable bonds is 7. The summed E-state index contributed by atoms with van der Waals surface area (Å²) < 4.78 is 12.9. The van der Waals surface area contributed by atoms with Crippen molar-refractivity contribution in [3.05, 3.63) is 35.6 Å². The van der Waals surface area contributed by atoms with Crippen LogP contribution in [0.15, 0.2) is 24.3 Å². The maximum atomic E-state index is 12.9. The van der Waals surface area contributed by atoms with Crippen molar-refractivity contribution in [2.24, 2.45) is 17.1 Å². The molecule has 1 amide bonds. The number of nitrogens with one attached hydrogen (secondary N) is 1. The fourth-order valence-electron chi connectivity index (χ4n) is 2.53. The number of amides is 1. The maximum Gasteiger partial charge on any atom is 0.237 e. The monoisotopic (exact) mass is 292 g/mol. The largest absolute Gasteiger partial charge is 0.354 e. The molecular formula is C17H25FN2O. The van der Waals surface area contributed by atoms with Gasteiger partial charge in [-0.2, -0.15) is 0 Å². The van der Waals surface area contributed by atoms with Gasteiger partial charge in [0.25, 0.3) is 0 Å². The lowest BCUT2D eigenvalue weighted by molar-refractivity contribution is -0.123. The molecule has 0 aliphatic heterocycles. The van der Waals surface area contributed by atoms with E-state index in [0.717, 1.165) is 31.2 Å². The van der Waals surface area contributed by atoms with E-state index in [1.165, 1.54) is 12.1 Å². The topological polar surface area (TPSA) is 55.1 Å². The summed E-state index contributed by atoms with van der Waals surface area (Å²) in [5, 5.41) is 2.99. The summed E-state index contributed by atoms with van der Waals surface area (Å²) in [6.45, 7) is 4.69. The second-order valence-corrected chi connectivity index (χ2v) is 6.43. The van der Waals surface area contributed by atoms with Crippen molar-refractivity contribution < 1.29 is 9.18 Å². The summed E-state index contributed by atoms with van der Waals surface area (Å²) in [5.74, 6) is -0.0802. The van der Waals surface area contributed by atoms with E-state index in [1.807, 2.05) is 26.0 Å². The van der Waals surface area contributed by atoms with Crippen molar-refractivity contribution in [2.75, 3.05) is 6.54 Å². The molecule has 116 valence electrons. The lowest BCUT2D eigenvalue weighted by Gasteiger charge is -2.21. The summed E-state index contributed by atoms with van der Waals surface area (Å²) in [6.07, 6.45) is 3.98. The summed E-state index contributed by atoms with van der Waals surface area (Å²) in [4.78, 5) is 12.0. The second kappa shape index (κ2) is 6.56. The Kier molecular flexibility index (Phi) is 4.99. The minimum Gasteiger partial charge on any atom is -0.354 e. The van der Waals surface area contributed by atoms with Gasteiger partial charge in [0.1, 0.15) is 5.82 Å². The molecular weight excluding hydrogens is 267 g/mol. The Morgan fingerprint density at radius 3 is 2.52 bits per heavy atom. The average molecular weight is 292 g/mol. The highest BCUT2D eigenvalue weighted by Crippen LogP contribution is 2.47. The summed E-state index contributed by atoms with van der Waals surface area (Å²) in [5.41, 5.74) is 7.20. The first kappa shape index (κ1) is 16.0. The highest BCUT2D eigenvalue weighted by molar-refractivity contribution is 5.81.